The molecule has 1 amide bonds. The topological polar surface area (TPSA) is 42.0 Å². The summed E-state index contributed by atoms with van der Waals surface area (Å²) >= 11 is 0. The van der Waals surface area contributed by atoms with Gasteiger partial charge in [-0.05, 0) is 43.5 Å². The number of aromatic nitrogens is 1. The fourth-order valence-corrected chi connectivity index (χ4v) is 2.06. The van der Waals surface area contributed by atoms with E-state index >= 15 is 0 Å². The van der Waals surface area contributed by atoms with Crippen LogP contribution in [0.15, 0.2) is 48.8 Å². The number of nitrogens with one attached hydrogen (secondary N) is 1. The first-order valence-electron chi connectivity index (χ1n) is 6.90. The summed E-state index contributed by atoms with van der Waals surface area (Å²) in [6.07, 6.45) is 4.77. The van der Waals surface area contributed by atoms with E-state index in [0.717, 1.165) is 12.0 Å². The van der Waals surface area contributed by atoms with Gasteiger partial charge in [0, 0.05) is 18.8 Å². The lowest BCUT2D eigenvalue weighted by Crippen LogP contribution is -2.26. The molecule has 0 bridgehead atoms. The monoisotopic (exact) mass is 268 g/mol. The predicted octanol–water partition coefficient (Wildman–Crippen LogP) is 3.20. The summed E-state index contributed by atoms with van der Waals surface area (Å²) in [5.74, 6) is 0.0786. The Kier molecular flexibility index (Phi) is 4.88. The summed E-state index contributed by atoms with van der Waals surface area (Å²) < 4.78 is 0. The highest BCUT2D eigenvalue weighted by Gasteiger charge is 2.09. The zero-order chi connectivity index (χ0) is 14.4. The van der Waals surface area contributed by atoms with Crippen molar-refractivity contribution in [3.8, 4) is 0 Å². The van der Waals surface area contributed by atoms with Gasteiger partial charge in [-0.15, -0.1) is 0 Å². The minimum absolute atomic E-state index is 0.0171. The number of pyridine rings is 1. The van der Waals surface area contributed by atoms with Crippen LogP contribution in [-0.4, -0.2) is 10.9 Å². The minimum atomic E-state index is 0.0171. The number of nitrogens with zero attached hydrogens (tertiary/aromatic N) is 1. The number of amides is 1. The predicted molar refractivity (Wildman–Crippen MR) is 80.3 cm³/mol. The van der Waals surface area contributed by atoms with Crippen molar-refractivity contribution in [1.82, 2.24) is 10.3 Å². The van der Waals surface area contributed by atoms with E-state index in [9.17, 15) is 4.79 Å². The van der Waals surface area contributed by atoms with Gasteiger partial charge < -0.3 is 5.32 Å². The molecule has 3 heteroatoms. The molecule has 1 aromatic carbocycles. The van der Waals surface area contributed by atoms with Crippen LogP contribution in [0.1, 0.15) is 36.1 Å². The van der Waals surface area contributed by atoms with Crippen molar-refractivity contribution in [1.29, 1.82) is 0 Å². The third-order valence-corrected chi connectivity index (χ3v) is 3.34. The molecule has 0 spiro atoms. The number of hydrogen-bond acceptors (Lipinski definition) is 2. The first-order chi connectivity index (χ1) is 9.65. The molecule has 20 heavy (non-hydrogen) atoms. The molecule has 3 nitrogen and oxygen atoms in total. The first kappa shape index (κ1) is 14.3. The van der Waals surface area contributed by atoms with Crippen molar-refractivity contribution in [3.05, 3.63) is 65.5 Å². The van der Waals surface area contributed by atoms with Crippen molar-refractivity contribution in [2.75, 3.05) is 0 Å². The van der Waals surface area contributed by atoms with Crippen molar-refractivity contribution >= 4 is 5.91 Å². The second kappa shape index (κ2) is 6.85. The van der Waals surface area contributed by atoms with E-state index < -0.39 is 0 Å². The minimum Gasteiger partial charge on any atom is -0.350 e. The quantitative estimate of drug-likeness (QED) is 0.904. The van der Waals surface area contributed by atoms with Crippen molar-refractivity contribution in [2.24, 2.45) is 0 Å². The smallest absolute Gasteiger partial charge is 0.220 e. The summed E-state index contributed by atoms with van der Waals surface area (Å²) in [7, 11) is 0. The number of carbonyl (C=O) groups excluding carboxylic acids is 1. The number of carbonyl (C=O) groups is 1. The Balaban J connectivity index is 1.82. The molecule has 0 saturated carbocycles. The highest BCUT2D eigenvalue weighted by atomic mass is 16.1. The van der Waals surface area contributed by atoms with Crippen molar-refractivity contribution in [3.63, 3.8) is 0 Å². The van der Waals surface area contributed by atoms with Crippen LogP contribution in [0, 0.1) is 6.92 Å². The zero-order valence-electron chi connectivity index (χ0n) is 12.0. The van der Waals surface area contributed by atoms with Gasteiger partial charge in [0.25, 0.3) is 0 Å². The molecule has 0 fully saturated rings. The summed E-state index contributed by atoms with van der Waals surface area (Å²) in [5, 5.41) is 3.01. The van der Waals surface area contributed by atoms with Crippen molar-refractivity contribution < 1.29 is 4.79 Å². The lowest BCUT2D eigenvalue weighted by molar-refractivity contribution is -0.121. The third-order valence-electron chi connectivity index (χ3n) is 3.34. The SMILES string of the molecule is Cc1ccc(CCC(=O)N[C@@H](C)c2ccncc2)cc1. The fraction of sp³-hybridized carbons (Fsp3) is 0.294. The van der Waals surface area contributed by atoms with Gasteiger partial charge in [0.15, 0.2) is 0 Å². The molecule has 0 saturated heterocycles. The van der Waals surface area contributed by atoms with Crippen LogP contribution in [-0.2, 0) is 11.2 Å². The molecule has 2 rings (SSSR count). The molecule has 1 heterocycles. The maximum atomic E-state index is 11.9. The highest BCUT2D eigenvalue weighted by Crippen LogP contribution is 2.11. The van der Waals surface area contributed by atoms with Gasteiger partial charge in [-0.1, -0.05) is 29.8 Å². The maximum Gasteiger partial charge on any atom is 0.220 e. The highest BCUT2D eigenvalue weighted by molar-refractivity contribution is 5.76. The molecule has 1 aromatic heterocycles. The normalized spacial score (nSPS) is 11.9. The van der Waals surface area contributed by atoms with E-state index in [1.54, 1.807) is 12.4 Å². The van der Waals surface area contributed by atoms with Gasteiger partial charge in [0.1, 0.15) is 0 Å². The van der Waals surface area contributed by atoms with Gasteiger partial charge in [-0.2, -0.15) is 0 Å². The molecule has 1 N–H and O–H groups in total. The van der Waals surface area contributed by atoms with E-state index in [-0.39, 0.29) is 11.9 Å². The molecule has 2 aromatic rings. The average molecular weight is 268 g/mol. The van der Waals surface area contributed by atoms with Crippen molar-refractivity contribution in [2.45, 2.75) is 32.7 Å². The van der Waals surface area contributed by atoms with Crippen LogP contribution in [0.2, 0.25) is 0 Å². The van der Waals surface area contributed by atoms with E-state index in [1.165, 1.54) is 11.1 Å². The van der Waals surface area contributed by atoms with E-state index in [4.69, 9.17) is 0 Å². The van der Waals surface area contributed by atoms with Crippen LogP contribution in [0.5, 0.6) is 0 Å². The van der Waals surface area contributed by atoms with Crippen LogP contribution in [0.4, 0.5) is 0 Å². The molecule has 104 valence electrons. The maximum absolute atomic E-state index is 11.9. The Morgan fingerprint density at radius 1 is 1.15 bits per heavy atom. The molecule has 0 aliphatic carbocycles. The molecule has 1 atom stereocenters. The Morgan fingerprint density at radius 2 is 1.80 bits per heavy atom. The second-order valence-corrected chi connectivity index (χ2v) is 5.06. The standard InChI is InChI=1S/C17H20N2O/c1-13-3-5-15(6-4-13)7-8-17(20)19-14(2)16-9-11-18-12-10-16/h3-6,9-12,14H,7-8H2,1-2H3,(H,19,20)/t14-/m0/s1. The Morgan fingerprint density at radius 3 is 2.45 bits per heavy atom. The average Bonchev–Trinajstić information content (AvgIpc) is 2.47. The van der Waals surface area contributed by atoms with E-state index in [0.29, 0.717) is 6.42 Å². The van der Waals surface area contributed by atoms with E-state index in [1.807, 2.05) is 19.1 Å². The van der Waals surface area contributed by atoms with Crippen LogP contribution < -0.4 is 5.32 Å². The molecule has 0 unspecified atom stereocenters. The zero-order valence-corrected chi connectivity index (χ0v) is 12.0. The summed E-state index contributed by atoms with van der Waals surface area (Å²) in [6, 6.07) is 12.2. The third kappa shape index (κ3) is 4.19. The lowest BCUT2D eigenvalue weighted by atomic mass is 10.1. The van der Waals surface area contributed by atoms with Gasteiger partial charge in [0.2, 0.25) is 5.91 Å². The Labute approximate surface area is 120 Å². The lowest BCUT2D eigenvalue weighted by Gasteiger charge is -2.14. The van der Waals surface area contributed by atoms with Gasteiger partial charge >= 0.3 is 0 Å². The number of aryl methyl sites for hydroxylation is 2. The van der Waals surface area contributed by atoms with Gasteiger partial charge in [0.05, 0.1) is 6.04 Å². The van der Waals surface area contributed by atoms with E-state index in [2.05, 4.69) is 41.5 Å². The second-order valence-electron chi connectivity index (χ2n) is 5.06. The summed E-state index contributed by atoms with van der Waals surface area (Å²) in [4.78, 5) is 15.9. The molecule has 0 radical (unpaired) electrons. The first-order valence-corrected chi connectivity index (χ1v) is 6.90. The van der Waals surface area contributed by atoms with Gasteiger partial charge in [-0.25, -0.2) is 0 Å². The molecule has 0 aliphatic rings. The Hall–Kier alpha value is -2.16. The molecule has 0 aliphatic heterocycles. The molecular weight excluding hydrogens is 248 g/mol. The fourth-order valence-electron chi connectivity index (χ4n) is 2.06. The van der Waals surface area contributed by atoms with Gasteiger partial charge in [-0.3, -0.25) is 9.78 Å². The number of rotatable bonds is 5. The largest absolute Gasteiger partial charge is 0.350 e. The molecular formula is C17H20N2O. The number of benzene rings is 1. The number of hydrogen-bond donors (Lipinski definition) is 1. The van der Waals surface area contributed by atoms with Crippen LogP contribution in [0.25, 0.3) is 0 Å². The van der Waals surface area contributed by atoms with Crippen LogP contribution in [0.3, 0.4) is 0 Å². The Bertz CT molecular complexity index is 549. The summed E-state index contributed by atoms with van der Waals surface area (Å²) in [6.45, 7) is 4.05. The van der Waals surface area contributed by atoms with Crippen LogP contribution >= 0.6 is 0 Å². The summed E-state index contributed by atoms with van der Waals surface area (Å²) in [5.41, 5.74) is 3.51.